The normalized spacial score (nSPS) is 15.2. The van der Waals surface area contributed by atoms with Crippen LogP contribution in [0.3, 0.4) is 0 Å². The van der Waals surface area contributed by atoms with Gasteiger partial charge in [0, 0.05) is 12.2 Å². The van der Waals surface area contributed by atoms with Gasteiger partial charge in [-0.05, 0) is 49.6 Å². The van der Waals surface area contributed by atoms with Gasteiger partial charge >= 0.3 is 0 Å². The number of ether oxygens (including phenoxy) is 1. The highest BCUT2D eigenvalue weighted by Crippen LogP contribution is 2.42. The first kappa shape index (κ1) is 20.3. The fraction of sp³-hybridized carbons (Fsp3) is 0.381. The van der Waals surface area contributed by atoms with Crippen LogP contribution in [0.1, 0.15) is 36.8 Å². The smallest absolute Gasteiger partial charge is 0.235 e. The van der Waals surface area contributed by atoms with E-state index in [2.05, 4.69) is 30.4 Å². The van der Waals surface area contributed by atoms with Gasteiger partial charge in [-0.1, -0.05) is 42.7 Å². The van der Waals surface area contributed by atoms with Crippen molar-refractivity contribution in [3.63, 3.8) is 0 Å². The third-order valence-corrected chi connectivity index (χ3v) is 4.96. The van der Waals surface area contributed by atoms with Crippen LogP contribution in [0.5, 0.6) is 5.75 Å². The van der Waals surface area contributed by atoms with Crippen LogP contribution in [-0.4, -0.2) is 19.1 Å². The van der Waals surface area contributed by atoms with E-state index in [1.165, 1.54) is 5.56 Å². The maximum Gasteiger partial charge on any atom is 0.235 e. The monoisotopic (exact) mass is 374 g/mol. The Kier molecular flexibility index (Phi) is 7.06. The molecule has 0 radical (unpaired) electrons. The van der Waals surface area contributed by atoms with Crippen LogP contribution < -0.4 is 15.8 Å². The standard InChI is InChI=1S/C21H26N2O2.ClH/c1-16-5-4-6-17(15-16)21(11-2-3-12-21)20(24)23-18-7-9-19(10-8-18)25-14-13-22;/h4-10,15H,2-3,11-14,22H2,1H3,(H,23,24);1H. The molecule has 0 unspecified atom stereocenters. The first-order chi connectivity index (χ1) is 12.1. The summed E-state index contributed by atoms with van der Waals surface area (Å²) < 4.78 is 5.48. The fourth-order valence-corrected chi connectivity index (χ4v) is 3.63. The number of benzene rings is 2. The quantitative estimate of drug-likeness (QED) is 0.796. The molecule has 0 atom stereocenters. The molecule has 0 saturated heterocycles. The number of halogens is 1. The highest BCUT2D eigenvalue weighted by Gasteiger charge is 2.42. The van der Waals surface area contributed by atoms with E-state index in [0.717, 1.165) is 42.7 Å². The Hall–Kier alpha value is -2.04. The van der Waals surface area contributed by atoms with Crippen molar-refractivity contribution in [2.75, 3.05) is 18.5 Å². The molecule has 1 aliphatic rings. The number of amides is 1. The number of hydrogen-bond acceptors (Lipinski definition) is 3. The van der Waals surface area contributed by atoms with Gasteiger partial charge in [-0.3, -0.25) is 4.79 Å². The minimum Gasteiger partial charge on any atom is -0.492 e. The second-order valence-electron chi connectivity index (χ2n) is 6.77. The summed E-state index contributed by atoms with van der Waals surface area (Å²) in [6, 6.07) is 15.8. The zero-order chi connectivity index (χ0) is 17.7. The van der Waals surface area contributed by atoms with Crippen LogP contribution in [0.2, 0.25) is 0 Å². The number of hydrogen-bond donors (Lipinski definition) is 2. The van der Waals surface area contributed by atoms with Gasteiger partial charge in [0.25, 0.3) is 0 Å². The first-order valence-corrected chi connectivity index (χ1v) is 8.96. The lowest BCUT2D eigenvalue weighted by Gasteiger charge is -2.28. The molecule has 0 spiro atoms. The van der Waals surface area contributed by atoms with Crippen LogP contribution in [0.25, 0.3) is 0 Å². The van der Waals surface area contributed by atoms with Gasteiger partial charge in [-0.15, -0.1) is 12.4 Å². The Morgan fingerprint density at radius 2 is 1.85 bits per heavy atom. The van der Waals surface area contributed by atoms with E-state index >= 15 is 0 Å². The Bertz CT molecular complexity index is 725. The van der Waals surface area contributed by atoms with E-state index in [1.807, 2.05) is 30.3 Å². The maximum atomic E-state index is 13.1. The average molecular weight is 375 g/mol. The zero-order valence-corrected chi connectivity index (χ0v) is 16.0. The zero-order valence-electron chi connectivity index (χ0n) is 15.2. The van der Waals surface area contributed by atoms with E-state index in [0.29, 0.717) is 13.2 Å². The predicted molar refractivity (Wildman–Crippen MR) is 108 cm³/mol. The van der Waals surface area contributed by atoms with E-state index in [4.69, 9.17) is 10.5 Å². The van der Waals surface area contributed by atoms with Gasteiger partial charge in [0.2, 0.25) is 5.91 Å². The minimum absolute atomic E-state index is 0. The summed E-state index contributed by atoms with van der Waals surface area (Å²) in [5.74, 6) is 0.851. The van der Waals surface area contributed by atoms with Gasteiger partial charge < -0.3 is 15.8 Å². The van der Waals surface area contributed by atoms with Crippen LogP contribution in [0, 0.1) is 6.92 Å². The highest BCUT2D eigenvalue weighted by atomic mass is 35.5. The summed E-state index contributed by atoms with van der Waals surface area (Å²) in [7, 11) is 0. The molecule has 5 heteroatoms. The summed E-state index contributed by atoms with van der Waals surface area (Å²) in [5, 5.41) is 3.11. The van der Waals surface area contributed by atoms with Gasteiger partial charge in [0.15, 0.2) is 0 Å². The van der Waals surface area contributed by atoms with E-state index in [9.17, 15) is 4.79 Å². The summed E-state index contributed by atoms with van der Waals surface area (Å²) >= 11 is 0. The lowest BCUT2D eigenvalue weighted by Crippen LogP contribution is -2.38. The molecule has 26 heavy (non-hydrogen) atoms. The third kappa shape index (κ3) is 4.37. The molecule has 140 valence electrons. The van der Waals surface area contributed by atoms with Crippen LogP contribution in [0.15, 0.2) is 48.5 Å². The van der Waals surface area contributed by atoms with Crippen LogP contribution in [-0.2, 0) is 10.2 Å². The molecule has 0 heterocycles. The molecule has 0 aliphatic heterocycles. The topological polar surface area (TPSA) is 64.3 Å². The van der Waals surface area contributed by atoms with Crippen molar-refractivity contribution in [3.8, 4) is 5.75 Å². The van der Waals surface area contributed by atoms with Gasteiger partial charge in [-0.2, -0.15) is 0 Å². The second-order valence-corrected chi connectivity index (χ2v) is 6.77. The molecule has 1 aliphatic carbocycles. The van der Waals surface area contributed by atoms with Crippen molar-refractivity contribution in [3.05, 3.63) is 59.7 Å². The summed E-state index contributed by atoms with van der Waals surface area (Å²) in [6.07, 6.45) is 3.99. The molecule has 0 bridgehead atoms. The van der Waals surface area contributed by atoms with Crippen molar-refractivity contribution in [1.82, 2.24) is 0 Å². The summed E-state index contributed by atoms with van der Waals surface area (Å²) in [6.45, 7) is 3.05. The molecule has 2 aromatic rings. The lowest BCUT2D eigenvalue weighted by atomic mass is 9.77. The Morgan fingerprint density at radius 3 is 2.46 bits per heavy atom. The number of rotatable bonds is 6. The van der Waals surface area contributed by atoms with Crippen molar-refractivity contribution >= 4 is 24.0 Å². The number of aryl methyl sites for hydroxylation is 1. The Labute approximate surface area is 161 Å². The van der Waals surface area contributed by atoms with Crippen molar-refractivity contribution in [2.45, 2.75) is 38.0 Å². The molecule has 4 nitrogen and oxygen atoms in total. The summed E-state index contributed by atoms with van der Waals surface area (Å²) in [5.41, 5.74) is 8.14. The SMILES string of the molecule is Cc1cccc(C2(C(=O)Nc3ccc(OCCN)cc3)CCCC2)c1.Cl. The molecule has 3 N–H and O–H groups in total. The molecule has 1 fully saturated rings. The van der Waals surface area contributed by atoms with Crippen molar-refractivity contribution < 1.29 is 9.53 Å². The van der Waals surface area contributed by atoms with E-state index in [-0.39, 0.29) is 18.3 Å². The van der Waals surface area contributed by atoms with Crippen molar-refractivity contribution in [1.29, 1.82) is 0 Å². The maximum absolute atomic E-state index is 13.1. The molecule has 1 saturated carbocycles. The van der Waals surface area contributed by atoms with Gasteiger partial charge in [-0.25, -0.2) is 0 Å². The Balaban J connectivity index is 0.00000243. The minimum atomic E-state index is -0.416. The molecule has 0 aromatic heterocycles. The second kappa shape index (κ2) is 9.06. The Morgan fingerprint density at radius 1 is 1.15 bits per heavy atom. The first-order valence-electron chi connectivity index (χ1n) is 8.96. The van der Waals surface area contributed by atoms with Crippen LogP contribution >= 0.6 is 12.4 Å². The van der Waals surface area contributed by atoms with Crippen molar-refractivity contribution in [2.24, 2.45) is 5.73 Å². The number of nitrogens with one attached hydrogen (secondary N) is 1. The largest absolute Gasteiger partial charge is 0.492 e. The summed E-state index contributed by atoms with van der Waals surface area (Å²) in [4.78, 5) is 13.1. The number of carbonyl (C=O) groups excluding carboxylic acids is 1. The predicted octanol–water partition coefficient (Wildman–Crippen LogP) is 4.20. The molecule has 3 rings (SSSR count). The average Bonchev–Trinajstić information content (AvgIpc) is 3.12. The molecule has 1 amide bonds. The molecular formula is C21H27ClN2O2. The number of carbonyl (C=O) groups is 1. The molecule has 2 aromatic carbocycles. The van der Waals surface area contributed by atoms with E-state index in [1.54, 1.807) is 0 Å². The lowest BCUT2D eigenvalue weighted by molar-refractivity contribution is -0.121. The van der Waals surface area contributed by atoms with Crippen LogP contribution in [0.4, 0.5) is 5.69 Å². The van der Waals surface area contributed by atoms with Gasteiger partial charge in [0.1, 0.15) is 12.4 Å². The van der Waals surface area contributed by atoms with Gasteiger partial charge in [0.05, 0.1) is 5.41 Å². The number of anilines is 1. The third-order valence-electron chi connectivity index (χ3n) is 4.96. The highest BCUT2D eigenvalue weighted by molar-refractivity contribution is 5.99. The fourth-order valence-electron chi connectivity index (χ4n) is 3.63. The van der Waals surface area contributed by atoms with E-state index < -0.39 is 5.41 Å². The molecular weight excluding hydrogens is 348 g/mol. The number of nitrogens with two attached hydrogens (primary N) is 1.